The molecule has 0 saturated heterocycles. The summed E-state index contributed by atoms with van der Waals surface area (Å²) in [4.78, 5) is 4.98. The zero-order chi connectivity index (χ0) is 27.3. The van der Waals surface area contributed by atoms with Crippen molar-refractivity contribution in [1.29, 1.82) is 0 Å². The van der Waals surface area contributed by atoms with Crippen molar-refractivity contribution in [1.82, 2.24) is 9.71 Å². The summed E-state index contributed by atoms with van der Waals surface area (Å²) in [6.45, 7) is 0.708. The third kappa shape index (κ3) is 4.91. The lowest BCUT2D eigenvalue weighted by atomic mass is 9.94. The summed E-state index contributed by atoms with van der Waals surface area (Å²) in [5.74, 6) is 0.525. The molecule has 0 spiro atoms. The number of aromatic nitrogens is 1. The van der Waals surface area contributed by atoms with E-state index in [1.165, 1.54) is 30.7 Å². The maximum Gasteiger partial charge on any atom is 0.421 e. The molecule has 2 aromatic heterocycles. The van der Waals surface area contributed by atoms with E-state index in [-0.39, 0.29) is 11.3 Å². The molecule has 0 bridgehead atoms. The summed E-state index contributed by atoms with van der Waals surface area (Å²) >= 11 is 1.33. The lowest BCUT2D eigenvalue weighted by molar-refractivity contribution is -0.258. The van der Waals surface area contributed by atoms with Gasteiger partial charge in [-0.25, -0.2) is 13.1 Å². The molecule has 0 aliphatic heterocycles. The Labute approximate surface area is 222 Å². The molecule has 5 rings (SSSR count). The van der Waals surface area contributed by atoms with Crippen molar-refractivity contribution in [2.75, 3.05) is 7.11 Å². The van der Waals surface area contributed by atoms with Crippen molar-refractivity contribution in [3.63, 3.8) is 0 Å². The van der Waals surface area contributed by atoms with Gasteiger partial charge in [-0.2, -0.15) is 13.2 Å². The molecule has 4 aromatic rings. The van der Waals surface area contributed by atoms with E-state index >= 15 is 0 Å². The minimum Gasteiger partial charge on any atom is -0.496 e. The number of thiophene rings is 1. The van der Waals surface area contributed by atoms with Gasteiger partial charge in [-0.15, -0.1) is 11.3 Å². The van der Waals surface area contributed by atoms with Crippen molar-refractivity contribution in [3.05, 3.63) is 82.9 Å². The third-order valence-corrected chi connectivity index (χ3v) is 9.86. The highest BCUT2D eigenvalue weighted by molar-refractivity contribution is 7.90. The number of alkyl halides is 3. The fraction of sp³-hybridized carbons (Fsp3) is 0.296. The molecular weight excluding hydrogens is 537 g/mol. The molecule has 2 unspecified atom stereocenters. The number of methoxy groups -OCH3 is 1. The number of halogens is 3. The summed E-state index contributed by atoms with van der Waals surface area (Å²) in [5, 5.41) is 10.5. The number of rotatable bonds is 8. The van der Waals surface area contributed by atoms with Gasteiger partial charge >= 0.3 is 6.18 Å². The van der Waals surface area contributed by atoms with Gasteiger partial charge in [-0.3, -0.25) is 4.98 Å². The molecule has 1 aliphatic rings. The van der Waals surface area contributed by atoms with Gasteiger partial charge in [0.2, 0.25) is 10.0 Å². The van der Waals surface area contributed by atoms with Crippen molar-refractivity contribution in [2.45, 2.75) is 42.8 Å². The van der Waals surface area contributed by atoms with Crippen molar-refractivity contribution < 1.29 is 31.4 Å². The van der Waals surface area contributed by atoms with Gasteiger partial charge in [-0.1, -0.05) is 36.4 Å². The fourth-order valence-electron chi connectivity index (χ4n) is 4.29. The Bertz CT molecular complexity index is 1600. The van der Waals surface area contributed by atoms with Gasteiger partial charge in [0.1, 0.15) is 5.75 Å². The Kier molecular flexibility index (Phi) is 6.75. The van der Waals surface area contributed by atoms with E-state index in [9.17, 15) is 26.7 Å². The fourth-order valence-corrected chi connectivity index (χ4v) is 7.15. The molecule has 1 saturated carbocycles. The monoisotopic (exact) mass is 562 g/mol. The van der Waals surface area contributed by atoms with Gasteiger partial charge in [0.05, 0.1) is 24.1 Å². The maximum absolute atomic E-state index is 13.5. The highest BCUT2D eigenvalue weighted by atomic mass is 32.2. The molecule has 0 radical (unpaired) electrons. The van der Waals surface area contributed by atoms with Crippen molar-refractivity contribution in [2.24, 2.45) is 0 Å². The molecule has 2 heterocycles. The number of para-hydroxylation sites is 1. The first-order chi connectivity index (χ1) is 17.9. The molecule has 2 aromatic carbocycles. The number of sulfonamides is 1. The second-order valence-electron chi connectivity index (χ2n) is 9.41. The molecule has 2 atom stereocenters. The number of fused-ring (bicyclic) bond motifs is 1. The average Bonchev–Trinajstić information content (AvgIpc) is 3.66. The first kappa shape index (κ1) is 26.6. The zero-order valence-electron chi connectivity index (χ0n) is 20.5. The van der Waals surface area contributed by atoms with Crippen LogP contribution in [0, 0.1) is 0 Å². The van der Waals surface area contributed by atoms with Crippen LogP contribution in [-0.2, 0) is 15.6 Å². The highest BCUT2D eigenvalue weighted by Crippen LogP contribution is 2.43. The lowest BCUT2D eigenvalue weighted by Gasteiger charge is -2.26. The summed E-state index contributed by atoms with van der Waals surface area (Å²) in [7, 11) is -2.07. The van der Waals surface area contributed by atoms with Crippen molar-refractivity contribution in [3.8, 4) is 17.0 Å². The molecule has 38 heavy (non-hydrogen) atoms. The number of ether oxygens (including phenoxy) is 1. The van der Waals surface area contributed by atoms with Gasteiger partial charge < -0.3 is 9.84 Å². The molecule has 6 nitrogen and oxygen atoms in total. The van der Waals surface area contributed by atoms with Gasteiger partial charge in [0.25, 0.3) is 0 Å². The highest BCUT2D eigenvalue weighted by Gasteiger charge is 2.51. The molecule has 11 heteroatoms. The second kappa shape index (κ2) is 9.64. The van der Waals surface area contributed by atoms with Crippen LogP contribution in [0.5, 0.6) is 5.75 Å². The number of benzene rings is 2. The zero-order valence-corrected chi connectivity index (χ0v) is 22.1. The van der Waals surface area contributed by atoms with E-state index < -0.39 is 33.1 Å². The van der Waals surface area contributed by atoms with Crippen LogP contribution in [0.1, 0.15) is 41.8 Å². The van der Waals surface area contributed by atoms with Crippen LogP contribution in [-0.4, -0.2) is 37.0 Å². The van der Waals surface area contributed by atoms with Crippen LogP contribution in [0.3, 0.4) is 0 Å². The Hall–Kier alpha value is -2.99. The lowest BCUT2D eigenvalue weighted by Crippen LogP contribution is -2.39. The molecule has 0 amide bonds. The number of nitrogens with one attached hydrogen (secondary N) is 1. The Morgan fingerprint density at radius 2 is 1.84 bits per heavy atom. The van der Waals surface area contributed by atoms with Crippen LogP contribution in [0.2, 0.25) is 0 Å². The van der Waals surface area contributed by atoms with Crippen LogP contribution in [0.25, 0.3) is 21.3 Å². The van der Waals surface area contributed by atoms with E-state index in [4.69, 9.17) is 4.74 Å². The summed E-state index contributed by atoms with van der Waals surface area (Å²) < 4.78 is 75.5. The Balaban J connectivity index is 1.63. The van der Waals surface area contributed by atoms with Crippen LogP contribution in [0.15, 0.2) is 66.9 Å². The SMILES string of the molecule is COc1ccccc1C(NS(=O)(=O)C1CC1)c1cc2cccc(-c3cc(C(C)(O)C(F)(F)F)ccn3)c2s1. The minimum atomic E-state index is -4.87. The number of aliphatic hydroxyl groups is 1. The first-order valence-corrected chi connectivity index (χ1v) is 14.2. The normalized spacial score (nSPS) is 16.8. The number of hydrogen-bond acceptors (Lipinski definition) is 6. The van der Waals surface area contributed by atoms with Gasteiger partial charge in [0.15, 0.2) is 5.60 Å². The minimum absolute atomic E-state index is 0.262. The quantitative estimate of drug-likeness (QED) is 0.279. The summed E-state index contributed by atoms with van der Waals surface area (Å²) in [5.41, 5.74) is -1.89. The first-order valence-electron chi connectivity index (χ1n) is 11.8. The van der Waals surface area contributed by atoms with E-state index in [1.54, 1.807) is 36.4 Å². The Morgan fingerprint density at radius 3 is 2.53 bits per heavy atom. The van der Waals surface area contributed by atoms with E-state index in [2.05, 4.69) is 9.71 Å². The number of nitrogens with zero attached hydrogens (tertiary/aromatic N) is 1. The predicted octanol–water partition coefficient (Wildman–Crippen LogP) is 5.91. The maximum atomic E-state index is 13.5. The van der Waals surface area contributed by atoms with E-state index in [1.807, 2.05) is 12.1 Å². The largest absolute Gasteiger partial charge is 0.496 e. The smallest absolute Gasteiger partial charge is 0.421 e. The predicted molar refractivity (Wildman–Crippen MR) is 141 cm³/mol. The third-order valence-electron chi connectivity index (χ3n) is 6.69. The van der Waals surface area contributed by atoms with Gasteiger partial charge in [0, 0.05) is 26.9 Å². The molecule has 1 fully saturated rings. The number of pyridine rings is 1. The average molecular weight is 563 g/mol. The topological polar surface area (TPSA) is 88.5 Å². The molecule has 200 valence electrons. The summed E-state index contributed by atoms with van der Waals surface area (Å²) in [6, 6.07) is 16.0. The van der Waals surface area contributed by atoms with E-state index in [0.29, 0.717) is 41.5 Å². The van der Waals surface area contributed by atoms with Crippen LogP contribution < -0.4 is 9.46 Å². The van der Waals surface area contributed by atoms with Gasteiger partial charge in [-0.05, 0) is 55.0 Å². The van der Waals surface area contributed by atoms with Crippen LogP contribution >= 0.6 is 11.3 Å². The number of hydrogen-bond donors (Lipinski definition) is 2. The second-order valence-corrected chi connectivity index (χ2v) is 12.5. The summed E-state index contributed by atoms with van der Waals surface area (Å²) in [6.07, 6.45) is -2.42. The molecular formula is C27H25F3N2O4S2. The van der Waals surface area contributed by atoms with Crippen LogP contribution in [0.4, 0.5) is 13.2 Å². The van der Waals surface area contributed by atoms with Crippen molar-refractivity contribution >= 4 is 31.4 Å². The molecule has 1 aliphatic carbocycles. The molecule has 2 N–H and O–H groups in total. The Morgan fingerprint density at radius 1 is 1.11 bits per heavy atom. The van der Waals surface area contributed by atoms with E-state index in [0.717, 1.165) is 16.2 Å². The standard InChI is InChI=1S/C27H25F3N2O4S2/c1-26(33,27(28,29)30)17-12-13-31-21(15-17)19-8-5-6-16-14-23(37-25(16)19)24(32-38(34,35)18-10-11-18)20-7-3-4-9-22(20)36-2/h3-9,12-15,18,24,32-33H,10-11H2,1-2H3.